The predicted molar refractivity (Wildman–Crippen MR) is 85.6 cm³/mol. The number of hydrogen-bond donors (Lipinski definition) is 1. The van der Waals surface area contributed by atoms with E-state index in [9.17, 15) is 8.42 Å². The Bertz CT molecular complexity index is 679. The molecule has 1 aromatic heterocycles. The van der Waals surface area contributed by atoms with E-state index in [-0.39, 0.29) is 4.90 Å². The van der Waals surface area contributed by atoms with E-state index in [1.54, 1.807) is 29.5 Å². The molecule has 1 N–H and O–H groups in total. The highest BCUT2D eigenvalue weighted by Gasteiger charge is 2.15. The molecule has 6 heteroatoms. The van der Waals surface area contributed by atoms with Crippen molar-refractivity contribution in [2.45, 2.75) is 25.2 Å². The second-order valence-electron chi connectivity index (χ2n) is 4.59. The Balaban J connectivity index is 2.03. The summed E-state index contributed by atoms with van der Waals surface area (Å²) in [7, 11) is -3.47. The zero-order valence-electron chi connectivity index (χ0n) is 12.1. The van der Waals surface area contributed by atoms with Crippen LogP contribution in [0.2, 0.25) is 0 Å². The van der Waals surface area contributed by atoms with Gasteiger partial charge < -0.3 is 4.74 Å². The molecule has 1 heterocycles. The second-order valence-corrected chi connectivity index (χ2v) is 7.39. The summed E-state index contributed by atoms with van der Waals surface area (Å²) in [4.78, 5) is 1.44. The lowest BCUT2D eigenvalue weighted by atomic mass is 10.2. The van der Waals surface area contributed by atoms with Crippen molar-refractivity contribution in [3.63, 3.8) is 0 Å². The van der Waals surface area contributed by atoms with Crippen LogP contribution in [0.4, 0.5) is 0 Å². The molecule has 21 heavy (non-hydrogen) atoms. The molecule has 0 spiro atoms. The molecule has 0 amide bonds. The Labute approximate surface area is 129 Å². The fourth-order valence-corrected chi connectivity index (χ4v) is 3.78. The highest BCUT2D eigenvalue weighted by Crippen LogP contribution is 2.21. The van der Waals surface area contributed by atoms with Crippen molar-refractivity contribution >= 4 is 21.4 Å². The van der Waals surface area contributed by atoms with Crippen molar-refractivity contribution in [1.29, 1.82) is 0 Å². The van der Waals surface area contributed by atoms with Gasteiger partial charge in [-0.3, -0.25) is 0 Å². The molecule has 0 bridgehead atoms. The highest BCUT2D eigenvalue weighted by molar-refractivity contribution is 7.89. The Morgan fingerprint density at radius 1 is 1.29 bits per heavy atom. The van der Waals surface area contributed by atoms with Crippen LogP contribution in [0.3, 0.4) is 0 Å². The second kappa shape index (κ2) is 7.06. The topological polar surface area (TPSA) is 55.4 Å². The van der Waals surface area contributed by atoms with Crippen molar-refractivity contribution in [1.82, 2.24) is 4.72 Å². The van der Waals surface area contributed by atoms with Crippen molar-refractivity contribution in [2.75, 3.05) is 13.2 Å². The minimum absolute atomic E-state index is 0.273. The Morgan fingerprint density at radius 3 is 2.71 bits per heavy atom. The molecular weight excluding hydrogens is 306 g/mol. The number of hydrogen-bond acceptors (Lipinski definition) is 4. The number of aryl methyl sites for hydroxylation is 1. The fraction of sp³-hybridized carbons (Fsp3) is 0.333. The number of rotatable bonds is 7. The van der Waals surface area contributed by atoms with E-state index in [2.05, 4.69) is 4.72 Å². The minimum atomic E-state index is -3.47. The van der Waals surface area contributed by atoms with Crippen LogP contribution in [0.15, 0.2) is 40.6 Å². The smallest absolute Gasteiger partial charge is 0.240 e. The first kappa shape index (κ1) is 16.0. The van der Waals surface area contributed by atoms with Gasteiger partial charge in [-0.25, -0.2) is 13.1 Å². The van der Waals surface area contributed by atoms with Crippen LogP contribution >= 0.6 is 11.3 Å². The monoisotopic (exact) mass is 325 g/mol. The molecule has 0 saturated heterocycles. The van der Waals surface area contributed by atoms with Gasteiger partial charge in [0.15, 0.2) is 0 Å². The van der Waals surface area contributed by atoms with Gasteiger partial charge in [-0.2, -0.15) is 0 Å². The first-order valence-corrected chi connectivity index (χ1v) is 9.14. The maximum Gasteiger partial charge on any atom is 0.240 e. The van der Waals surface area contributed by atoms with E-state index < -0.39 is 10.0 Å². The molecule has 2 aromatic rings. The number of nitrogens with one attached hydrogen (secondary N) is 1. The van der Waals surface area contributed by atoms with E-state index in [4.69, 9.17) is 4.74 Å². The normalized spacial score (nSPS) is 11.5. The van der Waals surface area contributed by atoms with Crippen LogP contribution in [0.5, 0.6) is 5.75 Å². The van der Waals surface area contributed by atoms with Gasteiger partial charge in [0.25, 0.3) is 0 Å². The average molecular weight is 325 g/mol. The van der Waals surface area contributed by atoms with Crippen LogP contribution in [-0.2, 0) is 16.4 Å². The van der Waals surface area contributed by atoms with E-state index in [0.717, 1.165) is 11.3 Å². The Hall–Kier alpha value is -1.37. The molecule has 0 aliphatic heterocycles. The summed E-state index contributed by atoms with van der Waals surface area (Å²) in [5, 5.41) is 1.99. The molecule has 0 saturated carbocycles. The first-order valence-electron chi connectivity index (χ1n) is 6.78. The number of sulfonamides is 1. The van der Waals surface area contributed by atoms with Crippen molar-refractivity contribution in [2.24, 2.45) is 0 Å². The molecule has 0 unspecified atom stereocenters. The van der Waals surface area contributed by atoms with Gasteiger partial charge in [0.2, 0.25) is 10.0 Å². The van der Waals surface area contributed by atoms with E-state index in [1.807, 2.05) is 31.4 Å². The first-order chi connectivity index (χ1) is 10.0. The third-order valence-electron chi connectivity index (χ3n) is 3.00. The predicted octanol–water partition coefficient (Wildman–Crippen LogP) is 2.98. The van der Waals surface area contributed by atoms with Crippen LogP contribution in [0.1, 0.15) is 17.4 Å². The number of thiophene rings is 1. The maximum absolute atomic E-state index is 12.2. The van der Waals surface area contributed by atoms with Crippen LogP contribution in [0.25, 0.3) is 0 Å². The molecule has 2 rings (SSSR count). The van der Waals surface area contributed by atoms with E-state index in [0.29, 0.717) is 19.6 Å². The third kappa shape index (κ3) is 4.30. The van der Waals surface area contributed by atoms with Crippen molar-refractivity contribution < 1.29 is 13.2 Å². The van der Waals surface area contributed by atoms with Gasteiger partial charge in [-0.05, 0) is 55.5 Å². The van der Waals surface area contributed by atoms with E-state index >= 15 is 0 Å². The van der Waals surface area contributed by atoms with Gasteiger partial charge in [-0.1, -0.05) is 6.07 Å². The van der Waals surface area contributed by atoms with Crippen molar-refractivity contribution in [3.05, 3.63) is 46.2 Å². The Kier molecular flexibility index (Phi) is 5.39. The summed E-state index contributed by atoms with van der Waals surface area (Å²) in [6.07, 6.45) is 0.701. The van der Waals surface area contributed by atoms with Crippen LogP contribution in [0, 0.1) is 6.92 Å². The summed E-state index contributed by atoms with van der Waals surface area (Å²) in [5.74, 6) is 0.718. The fourth-order valence-electron chi connectivity index (χ4n) is 1.95. The summed E-state index contributed by atoms with van der Waals surface area (Å²) in [6.45, 7) is 4.70. The Morgan fingerprint density at radius 2 is 2.10 bits per heavy atom. The summed E-state index contributed by atoms with van der Waals surface area (Å²) in [5.41, 5.74) is 0.818. The highest BCUT2D eigenvalue weighted by atomic mass is 32.2. The number of benzene rings is 1. The maximum atomic E-state index is 12.2. The standard InChI is InChI=1S/C15H19NO3S2/c1-3-19-15-7-6-14(11-12(15)2)21(17,18)16-9-8-13-5-4-10-20-13/h4-7,10-11,16H,3,8-9H2,1-2H3. The van der Waals surface area contributed by atoms with Gasteiger partial charge in [-0.15, -0.1) is 11.3 Å². The van der Waals surface area contributed by atoms with E-state index in [1.165, 1.54) is 4.88 Å². The lowest BCUT2D eigenvalue weighted by Crippen LogP contribution is -2.25. The van der Waals surface area contributed by atoms with Crippen LogP contribution < -0.4 is 9.46 Å². The van der Waals surface area contributed by atoms with Gasteiger partial charge >= 0.3 is 0 Å². The van der Waals surface area contributed by atoms with Gasteiger partial charge in [0.1, 0.15) is 5.75 Å². The minimum Gasteiger partial charge on any atom is -0.494 e. The van der Waals surface area contributed by atoms with Gasteiger partial charge in [0.05, 0.1) is 11.5 Å². The zero-order valence-corrected chi connectivity index (χ0v) is 13.8. The molecule has 114 valence electrons. The molecule has 0 atom stereocenters. The number of ether oxygens (including phenoxy) is 1. The molecule has 0 aliphatic rings. The van der Waals surface area contributed by atoms with Gasteiger partial charge in [0, 0.05) is 11.4 Å². The van der Waals surface area contributed by atoms with Crippen LogP contribution in [-0.4, -0.2) is 21.6 Å². The molecule has 0 fully saturated rings. The third-order valence-corrected chi connectivity index (χ3v) is 5.39. The lowest BCUT2D eigenvalue weighted by Gasteiger charge is -2.10. The zero-order chi connectivity index (χ0) is 15.3. The molecule has 1 aromatic carbocycles. The van der Waals surface area contributed by atoms with Crippen molar-refractivity contribution in [3.8, 4) is 5.75 Å². The molecular formula is C15H19NO3S2. The molecule has 0 radical (unpaired) electrons. The summed E-state index contributed by atoms with van der Waals surface area (Å²) in [6, 6.07) is 8.88. The lowest BCUT2D eigenvalue weighted by molar-refractivity contribution is 0.337. The SMILES string of the molecule is CCOc1ccc(S(=O)(=O)NCCc2cccs2)cc1C. The quantitative estimate of drug-likeness (QED) is 0.851. The summed E-state index contributed by atoms with van der Waals surface area (Å²) >= 11 is 1.63. The largest absolute Gasteiger partial charge is 0.494 e. The average Bonchev–Trinajstić information content (AvgIpc) is 2.94. The molecule has 4 nitrogen and oxygen atoms in total. The summed E-state index contributed by atoms with van der Waals surface area (Å²) < 4.78 is 32.5. The molecule has 0 aliphatic carbocycles.